The lowest BCUT2D eigenvalue weighted by Crippen LogP contribution is -2.38. The van der Waals surface area contributed by atoms with E-state index in [0.717, 1.165) is 6.26 Å². The van der Waals surface area contributed by atoms with Crippen molar-refractivity contribution in [2.75, 3.05) is 12.8 Å². The predicted octanol–water partition coefficient (Wildman–Crippen LogP) is 0.427. The summed E-state index contributed by atoms with van der Waals surface area (Å²) in [7, 11) is -3.36. The first-order valence-electron chi connectivity index (χ1n) is 5.83. The molecule has 0 aliphatic heterocycles. The van der Waals surface area contributed by atoms with Crippen LogP contribution in [0.5, 0.6) is 0 Å². The largest absolute Gasteiger partial charge is 0.481 e. The molecule has 0 aliphatic carbocycles. The maximum atomic E-state index is 11.5. The van der Waals surface area contributed by atoms with Gasteiger partial charge in [0, 0.05) is 19.2 Å². The summed E-state index contributed by atoms with van der Waals surface area (Å²) in [5, 5.41) is 9.99. The van der Waals surface area contributed by atoms with E-state index >= 15 is 0 Å². The van der Waals surface area contributed by atoms with Crippen LogP contribution in [0.1, 0.15) is 33.1 Å². The van der Waals surface area contributed by atoms with Crippen molar-refractivity contribution in [3.63, 3.8) is 0 Å². The zero-order chi connectivity index (χ0) is 14.3. The third kappa shape index (κ3) is 7.26. The van der Waals surface area contributed by atoms with E-state index in [9.17, 15) is 18.0 Å². The van der Waals surface area contributed by atoms with Gasteiger partial charge in [-0.1, -0.05) is 6.92 Å². The quantitative estimate of drug-likeness (QED) is 0.671. The number of carbonyl (C=O) groups excluding carboxylic acids is 1. The van der Waals surface area contributed by atoms with Crippen LogP contribution in [0, 0.1) is 5.92 Å². The van der Waals surface area contributed by atoms with Crippen molar-refractivity contribution in [1.82, 2.24) is 5.32 Å². The Kier molecular flexibility index (Phi) is 6.90. The number of sulfone groups is 1. The molecule has 106 valence electrons. The van der Waals surface area contributed by atoms with Crippen LogP contribution in [0.4, 0.5) is 0 Å². The molecule has 0 saturated carbocycles. The van der Waals surface area contributed by atoms with E-state index in [1.165, 1.54) is 6.92 Å². The van der Waals surface area contributed by atoms with Gasteiger partial charge in [-0.2, -0.15) is 0 Å². The molecule has 0 saturated heterocycles. The summed E-state index contributed by atoms with van der Waals surface area (Å²) in [6, 6.07) is 0. The molecule has 0 aliphatic rings. The van der Waals surface area contributed by atoms with Crippen LogP contribution in [0.3, 0.4) is 0 Å². The van der Waals surface area contributed by atoms with Gasteiger partial charge in [0.05, 0.1) is 0 Å². The van der Waals surface area contributed by atoms with Crippen molar-refractivity contribution >= 4 is 21.7 Å². The third-order valence-electron chi connectivity index (χ3n) is 2.80. The molecule has 1 amide bonds. The number of amides is 1. The van der Waals surface area contributed by atoms with Crippen LogP contribution in [0.15, 0.2) is 0 Å². The fourth-order valence-corrected chi connectivity index (χ4v) is 1.77. The minimum absolute atomic E-state index is 0.106. The number of hydrogen-bond acceptors (Lipinski definition) is 4. The lowest BCUT2D eigenvalue weighted by atomic mass is 10.0. The molecule has 7 heteroatoms. The molecule has 2 atom stereocenters. The lowest BCUT2D eigenvalue weighted by Gasteiger charge is -2.13. The molecule has 6 nitrogen and oxygen atoms in total. The first kappa shape index (κ1) is 16.9. The highest BCUT2D eigenvalue weighted by atomic mass is 32.2. The van der Waals surface area contributed by atoms with E-state index in [2.05, 4.69) is 5.32 Å². The number of aliphatic carboxylic acids is 1. The van der Waals surface area contributed by atoms with Crippen molar-refractivity contribution in [2.24, 2.45) is 5.92 Å². The van der Waals surface area contributed by atoms with Crippen LogP contribution in [0.2, 0.25) is 0 Å². The van der Waals surface area contributed by atoms with Crippen molar-refractivity contribution in [3.05, 3.63) is 0 Å². The maximum Gasteiger partial charge on any atom is 0.303 e. The number of rotatable bonds is 8. The number of carboxylic acids is 1. The van der Waals surface area contributed by atoms with Crippen molar-refractivity contribution < 1.29 is 23.1 Å². The lowest BCUT2D eigenvalue weighted by molar-refractivity contribution is -0.137. The zero-order valence-electron chi connectivity index (χ0n) is 11.0. The minimum Gasteiger partial charge on any atom is -0.481 e. The average Bonchev–Trinajstić information content (AvgIpc) is 2.23. The highest BCUT2D eigenvalue weighted by molar-refractivity contribution is 7.92. The van der Waals surface area contributed by atoms with Crippen LogP contribution < -0.4 is 5.32 Å². The van der Waals surface area contributed by atoms with Crippen molar-refractivity contribution in [3.8, 4) is 0 Å². The standard InChI is InChI=1S/C11H21NO5S/c1-8(4-5-10(13)14)6-7-12-11(15)9(2)18(3,16)17/h8-9H,4-7H2,1-3H3,(H,12,15)(H,13,14). The number of carboxylic acid groups (broad SMARTS) is 1. The SMILES string of the molecule is CC(CCNC(=O)C(C)S(C)(=O)=O)CCC(=O)O. The van der Waals surface area contributed by atoms with Crippen LogP contribution in [-0.2, 0) is 19.4 Å². The molecule has 0 fully saturated rings. The van der Waals surface area contributed by atoms with Crippen LogP contribution in [-0.4, -0.2) is 43.5 Å². The number of carbonyl (C=O) groups is 2. The molecule has 0 heterocycles. The van der Waals surface area contributed by atoms with Crippen molar-refractivity contribution in [1.29, 1.82) is 0 Å². The summed E-state index contributed by atoms with van der Waals surface area (Å²) in [6.45, 7) is 3.60. The molecule has 2 N–H and O–H groups in total. The van der Waals surface area contributed by atoms with E-state index in [0.29, 0.717) is 19.4 Å². The van der Waals surface area contributed by atoms with E-state index in [4.69, 9.17) is 5.11 Å². The summed E-state index contributed by atoms with van der Waals surface area (Å²) in [5.74, 6) is -1.17. The molecule has 0 aromatic rings. The first-order chi connectivity index (χ1) is 8.14. The van der Waals surface area contributed by atoms with Gasteiger partial charge in [0.15, 0.2) is 9.84 Å². The fraction of sp³-hybridized carbons (Fsp3) is 0.818. The van der Waals surface area contributed by atoms with Crippen molar-refractivity contribution in [2.45, 2.75) is 38.4 Å². The Bertz CT molecular complexity index is 390. The van der Waals surface area contributed by atoms with Gasteiger partial charge in [-0.3, -0.25) is 9.59 Å². The molecule has 0 spiro atoms. The Balaban J connectivity index is 3.91. The monoisotopic (exact) mass is 279 g/mol. The van der Waals surface area contributed by atoms with E-state index in [-0.39, 0.29) is 12.3 Å². The highest BCUT2D eigenvalue weighted by Crippen LogP contribution is 2.09. The second kappa shape index (κ2) is 7.35. The van der Waals surface area contributed by atoms with Gasteiger partial charge in [-0.15, -0.1) is 0 Å². The average molecular weight is 279 g/mol. The second-order valence-corrected chi connectivity index (χ2v) is 6.96. The Morgan fingerprint density at radius 1 is 1.22 bits per heavy atom. The van der Waals surface area contributed by atoms with Crippen LogP contribution in [0.25, 0.3) is 0 Å². The third-order valence-corrected chi connectivity index (χ3v) is 4.30. The van der Waals surface area contributed by atoms with Crippen LogP contribution >= 0.6 is 0 Å². The Hall–Kier alpha value is -1.11. The van der Waals surface area contributed by atoms with Gasteiger partial charge in [0.2, 0.25) is 5.91 Å². The summed E-state index contributed by atoms with van der Waals surface area (Å²) in [4.78, 5) is 21.8. The second-order valence-electron chi connectivity index (χ2n) is 4.59. The molecule has 0 bridgehead atoms. The first-order valence-corrected chi connectivity index (χ1v) is 7.78. The summed E-state index contributed by atoms with van der Waals surface area (Å²) in [6.07, 6.45) is 2.31. The van der Waals surface area contributed by atoms with Gasteiger partial charge in [-0.05, 0) is 25.7 Å². The number of nitrogens with one attached hydrogen (secondary N) is 1. The van der Waals surface area contributed by atoms with Gasteiger partial charge < -0.3 is 10.4 Å². The Morgan fingerprint density at radius 2 is 1.78 bits per heavy atom. The maximum absolute atomic E-state index is 11.5. The minimum atomic E-state index is -3.36. The predicted molar refractivity (Wildman–Crippen MR) is 68.0 cm³/mol. The molecule has 0 rings (SSSR count). The summed E-state index contributed by atoms with van der Waals surface area (Å²) in [5.41, 5.74) is 0. The summed E-state index contributed by atoms with van der Waals surface area (Å²) < 4.78 is 22.2. The zero-order valence-corrected chi connectivity index (χ0v) is 11.8. The molecule has 2 unspecified atom stereocenters. The fourth-order valence-electron chi connectivity index (χ4n) is 1.29. The molecule has 0 aromatic carbocycles. The van der Waals surface area contributed by atoms with Gasteiger partial charge in [0.25, 0.3) is 0 Å². The highest BCUT2D eigenvalue weighted by Gasteiger charge is 2.22. The van der Waals surface area contributed by atoms with Gasteiger partial charge in [0.1, 0.15) is 5.25 Å². The normalized spacial score (nSPS) is 14.8. The molecular formula is C11H21NO5S. The molecule has 18 heavy (non-hydrogen) atoms. The Morgan fingerprint density at radius 3 is 2.22 bits per heavy atom. The van der Waals surface area contributed by atoms with E-state index in [1.54, 1.807) is 0 Å². The topological polar surface area (TPSA) is 101 Å². The van der Waals surface area contributed by atoms with Gasteiger partial charge in [-0.25, -0.2) is 8.42 Å². The van der Waals surface area contributed by atoms with E-state index < -0.39 is 27.0 Å². The molecule has 0 aromatic heterocycles. The van der Waals surface area contributed by atoms with Gasteiger partial charge >= 0.3 is 5.97 Å². The number of hydrogen-bond donors (Lipinski definition) is 2. The smallest absolute Gasteiger partial charge is 0.303 e. The molecule has 0 radical (unpaired) electrons. The van der Waals surface area contributed by atoms with E-state index in [1.807, 2.05) is 6.92 Å². The Labute approximate surface area is 108 Å². The molecular weight excluding hydrogens is 258 g/mol. The summed E-state index contributed by atoms with van der Waals surface area (Å²) >= 11 is 0.